The van der Waals surface area contributed by atoms with Gasteiger partial charge in [-0.1, -0.05) is 18.2 Å². The van der Waals surface area contributed by atoms with Crippen LogP contribution in [0.2, 0.25) is 0 Å². The zero-order chi connectivity index (χ0) is 27.9. The van der Waals surface area contributed by atoms with Crippen molar-refractivity contribution in [3.05, 3.63) is 90.0 Å². The lowest BCUT2D eigenvalue weighted by atomic mass is 10.1. The van der Waals surface area contributed by atoms with E-state index in [-0.39, 0.29) is 22.7 Å². The quantitative estimate of drug-likeness (QED) is 0.396. The first-order valence-corrected chi connectivity index (χ1v) is 13.3. The molecule has 11 heteroatoms. The van der Waals surface area contributed by atoms with Gasteiger partial charge in [0, 0.05) is 19.2 Å². The molecule has 0 fully saturated rings. The van der Waals surface area contributed by atoms with E-state index in [9.17, 15) is 26.8 Å². The average molecular weight is 546 g/mol. The molecule has 0 radical (unpaired) electrons. The molecule has 202 valence electrons. The molecule has 0 bridgehead atoms. The zero-order valence-corrected chi connectivity index (χ0v) is 22.0. The van der Waals surface area contributed by atoms with Crippen molar-refractivity contribution in [2.45, 2.75) is 31.3 Å². The number of hydrogen-bond acceptors (Lipinski definition) is 5. The number of sulfonamides is 1. The van der Waals surface area contributed by atoms with Crippen LogP contribution in [-0.2, 0) is 26.2 Å². The predicted octanol–water partition coefficient (Wildman–Crippen LogP) is 3.72. The molecule has 2 amide bonds. The largest absolute Gasteiger partial charge is 0.494 e. The van der Waals surface area contributed by atoms with Gasteiger partial charge in [0.2, 0.25) is 11.8 Å². The normalized spacial score (nSPS) is 11.9. The first-order valence-electron chi connectivity index (χ1n) is 11.8. The minimum atomic E-state index is -4.33. The molecule has 1 N–H and O–H groups in total. The summed E-state index contributed by atoms with van der Waals surface area (Å²) < 4.78 is 61.7. The smallest absolute Gasteiger partial charge is 0.264 e. The minimum absolute atomic E-state index is 0.0343. The van der Waals surface area contributed by atoms with Gasteiger partial charge in [0.25, 0.3) is 10.0 Å². The third-order valence-corrected chi connectivity index (χ3v) is 7.62. The summed E-state index contributed by atoms with van der Waals surface area (Å²) >= 11 is 0. The van der Waals surface area contributed by atoms with Crippen molar-refractivity contribution in [3.8, 4) is 5.75 Å². The third kappa shape index (κ3) is 6.65. The van der Waals surface area contributed by atoms with Crippen molar-refractivity contribution in [2.75, 3.05) is 24.5 Å². The summed E-state index contributed by atoms with van der Waals surface area (Å²) in [4.78, 5) is 27.0. The average Bonchev–Trinajstić information content (AvgIpc) is 2.91. The molecular formula is C27H29F2N3O5S. The fourth-order valence-electron chi connectivity index (χ4n) is 3.74. The van der Waals surface area contributed by atoms with Crippen molar-refractivity contribution in [1.82, 2.24) is 10.2 Å². The van der Waals surface area contributed by atoms with Gasteiger partial charge in [0.1, 0.15) is 30.0 Å². The number of carbonyl (C=O) groups excluding carboxylic acids is 2. The maximum absolute atomic E-state index is 14.4. The second-order valence-corrected chi connectivity index (χ2v) is 10.2. The maximum atomic E-state index is 14.4. The summed E-state index contributed by atoms with van der Waals surface area (Å²) in [6, 6.07) is 15.0. The van der Waals surface area contributed by atoms with Crippen LogP contribution in [0.25, 0.3) is 0 Å². The Balaban J connectivity index is 2.02. The monoisotopic (exact) mass is 545 g/mol. The molecule has 1 atom stereocenters. The van der Waals surface area contributed by atoms with Crippen LogP contribution in [0.3, 0.4) is 0 Å². The standard InChI is InChI=1S/C27H29F2N3O5S/c1-4-37-23-13-15-24(16-14-23)38(35,36)32(22-11-9-21(28)10-12-22)18-26(33)31(19(2)27(34)30-3)17-20-7-5-6-8-25(20)29/h5-16,19H,4,17-18H2,1-3H3,(H,30,34). The van der Waals surface area contributed by atoms with Crippen LogP contribution >= 0.6 is 0 Å². The Hall–Kier alpha value is -3.99. The van der Waals surface area contributed by atoms with Gasteiger partial charge in [-0.05, 0) is 68.4 Å². The summed E-state index contributed by atoms with van der Waals surface area (Å²) in [6.45, 7) is 2.64. The van der Waals surface area contributed by atoms with Gasteiger partial charge in [-0.2, -0.15) is 0 Å². The van der Waals surface area contributed by atoms with Crippen LogP contribution in [0.15, 0.2) is 77.7 Å². The van der Waals surface area contributed by atoms with Crippen LogP contribution in [-0.4, -0.2) is 51.4 Å². The number of likely N-dealkylation sites (N-methyl/N-ethyl adjacent to an activating group) is 1. The Morgan fingerprint density at radius 2 is 1.61 bits per heavy atom. The van der Waals surface area contributed by atoms with E-state index in [4.69, 9.17) is 4.74 Å². The van der Waals surface area contributed by atoms with Gasteiger partial charge in [-0.25, -0.2) is 17.2 Å². The van der Waals surface area contributed by atoms with E-state index in [1.807, 2.05) is 0 Å². The predicted molar refractivity (Wildman–Crippen MR) is 139 cm³/mol. The van der Waals surface area contributed by atoms with Crippen molar-refractivity contribution in [3.63, 3.8) is 0 Å². The van der Waals surface area contributed by atoms with E-state index in [0.29, 0.717) is 12.4 Å². The number of amides is 2. The Morgan fingerprint density at radius 1 is 0.974 bits per heavy atom. The number of halogens is 2. The number of nitrogens with zero attached hydrogens (tertiary/aromatic N) is 2. The number of anilines is 1. The van der Waals surface area contributed by atoms with E-state index in [0.717, 1.165) is 21.3 Å². The third-order valence-electron chi connectivity index (χ3n) is 5.83. The van der Waals surface area contributed by atoms with Gasteiger partial charge >= 0.3 is 0 Å². The van der Waals surface area contributed by atoms with Gasteiger partial charge in [0.15, 0.2) is 0 Å². The van der Waals surface area contributed by atoms with Crippen molar-refractivity contribution >= 4 is 27.5 Å². The molecular weight excluding hydrogens is 516 g/mol. The molecule has 3 aromatic carbocycles. The molecule has 0 aliphatic carbocycles. The Morgan fingerprint density at radius 3 is 2.18 bits per heavy atom. The number of ether oxygens (including phenoxy) is 1. The molecule has 0 spiro atoms. The fraction of sp³-hybridized carbons (Fsp3) is 0.259. The number of nitrogens with one attached hydrogen (secondary N) is 1. The molecule has 0 heterocycles. The minimum Gasteiger partial charge on any atom is -0.494 e. The summed E-state index contributed by atoms with van der Waals surface area (Å²) in [5, 5.41) is 2.45. The first kappa shape index (κ1) is 28.6. The molecule has 0 aliphatic rings. The maximum Gasteiger partial charge on any atom is 0.264 e. The first-order chi connectivity index (χ1) is 18.1. The lowest BCUT2D eigenvalue weighted by Gasteiger charge is -2.31. The van der Waals surface area contributed by atoms with Crippen LogP contribution in [0.1, 0.15) is 19.4 Å². The van der Waals surface area contributed by atoms with Crippen molar-refractivity contribution < 1.29 is 31.5 Å². The summed E-state index contributed by atoms with van der Waals surface area (Å²) in [5.74, 6) is -1.98. The van der Waals surface area contributed by atoms with Crippen molar-refractivity contribution in [2.24, 2.45) is 0 Å². The highest BCUT2D eigenvalue weighted by atomic mass is 32.2. The second-order valence-electron chi connectivity index (χ2n) is 8.30. The summed E-state index contributed by atoms with van der Waals surface area (Å²) in [5.41, 5.74) is 0.186. The molecule has 38 heavy (non-hydrogen) atoms. The van der Waals surface area contributed by atoms with Gasteiger partial charge < -0.3 is 15.0 Å². The molecule has 0 aliphatic heterocycles. The van der Waals surface area contributed by atoms with Gasteiger partial charge in [-0.3, -0.25) is 13.9 Å². The molecule has 0 saturated carbocycles. The van der Waals surface area contributed by atoms with Crippen LogP contribution < -0.4 is 14.4 Å². The van der Waals surface area contributed by atoms with E-state index in [2.05, 4.69) is 5.32 Å². The van der Waals surface area contributed by atoms with E-state index in [1.54, 1.807) is 13.0 Å². The highest BCUT2D eigenvalue weighted by Crippen LogP contribution is 2.26. The van der Waals surface area contributed by atoms with E-state index >= 15 is 0 Å². The van der Waals surface area contributed by atoms with Crippen molar-refractivity contribution in [1.29, 1.82) is 0 Å². The number of carbonyl (C=O) groups is 2. The zero-order valence-electron chi connectivity index (χ0n) is 21.2. The molecule has 8 nitrogen and oxygen atoms in total. The Bertz CT molecular complexity index is 1370. The lowest BCUT2D eigenvalue weighted by molar-refractivity contribution is -0.139. The molecule has 3 rings (SSSR count). The van der Waals surface area contributed by atoms with Crippen LogP contribution in [0, 0.1) is 11.6 Å². The SMILES string of the molecule is CCOc1ccc(S(=O)(=O)N(CC(=O)N(Cc2ccccc2F)C(C)C(=O)NC)c2ccc(F)cc2)cc1. The summed E-state index contributed by atoms with van der Waals surface area (Å²) in [6.07, 6.45) is 0. The number of rotatable bonds is 11. The Kier molecular flexibility index (Phi) is 9.40. The highest BCUT2D eigenvalue weighted by Gasteiger charge is 2.32. The van der Waals surface area contributed by atoms with Gasteiger partial charge in [0.05, 0.1) is 17.2 Å². The lowest BCUT2D eigenvalue weighted by Crippen LogP contribution is -2.50. The molecule has 0 aromatic heterocycles. The van der Waals surface area contributed by atoms with Crippen LogP contribution in [0.4, 0.5) is 14.5 Å². The topological polar surface area (TPSA) is 96.0 Å². The van der Waals surface area contributed by atoms with E-state index in [1.165, 1.54) is 68.6 Å². The second kappa shape index (κ2) is 12.5. The van der Waals surface area contributed by atoms with Crippen LogP contribution in [0.5, 0.6) is 5.75 Å². The molecule has 3 aromatic rings. The summed E-state index contributed by atoms with van der Waals surface area (Å²) in [7, 11) is -2.93. The molecule has 0 saturated heterocycles. The number of hydrogen-bond donors (Lipinski definition) is 1. The van der Waals surface area contributed by atoms with E-state index < -0.39 is 46.1 Å². The molecule has 1 unspecified atom stereocenters. The number of benzene rings is 3. The fourth-order valence-corrected chi connectivity index (χ4v) is 5.15. The van der Waals surface area contributed by atoms with Gasteiger partial charge in [-0.15, -0.1) is 0 Å². The Labute approximate surface area is 220 Å². The highest BCUT2D eigenvalue weighted by molar-refractivity contribution is 7.92.